The van der Waals surface area contributed by atoms with Crippen molar-refractivity contribution in [3.05, 3.63) is 35.4 Å². The van der Waals surface area contributed by atoms with Crippen LogP contribution < -0.4 is 5.32 Å². The Hall–Kier alpha value is -2.17. The predicted molar refractivity (Wildman–Crippen MR) is 95.4 cm³/mol. The fourth-order valence-electron chi connectivity index (χ4n) is 4.02. The Morgan fingerprint density at radius 2 is 1.96 bits per heavy atom. The van der Waals surface area contributed by atoms with Crippen molar-refractivity contribution >= 4 is 17.7 Å². The Labute approximate surface area is 148 Å². The van der Waals surface area contributed by atoms with Crippen molar-refractivity contribution in [3.63, 3.8) is 0 Å². The fraction of sp³-hybridized carbons (Fsp3) is 0.550. The number of rotatable bonds is 5. The zero-order chi connectivity index (χ0) is 18.0. The van der Waals surface area contributed by atoms with Crippen LogP contribution in [0.1, 0.15) is 61.9 Å². The first-order valence-corrected chi connectivity index (χ1v) is 9.24. The molecule has 2 atom stereocenters. The molecule has 1 aliphatic carbocycles. The van der Waals surface area contributed by atoms with Crippen LogP contribution in [-0.2, 0) is 11.2 Å². The summed E-state index contributed by atoms with van der Waals surface area (Å²) < 4.78 is 0. The van der Waals surface area contributed by atoms with Gasteiger partial charge < -0.3 is 5.32 Å². The van der Waals surface area contributed by atoms with Gasteiger partial charge in [0, 0.05) is 5.56 Å². The number of benzene rings is 1. The number of aryl methyl sites for hydroxylation is 1. The van der Waals surface area contributed by atoms with Gasteiger partial charge in [0.1, 0.15) is 5.54 Å². The van der Waals surface area contributed by atoms with Gasteiger partial charge >= 0.3 is 6.03 Å². The van der Waals surface area contributed by atoms with Gasteiger partial charge in [-0.25, -0.2) is 4.79 Å². The van der Waals surface area contributed by atoms with Crippen molar-refractivity contribution in [1.82, 2.24) is 10.2 Å². The van der Waals surface area contributed by atoms with Gasteiger partial charge in [0.05, 0.1) is 6.54 Å². The minimum atomic E-state index is -0.805. The lowest BCUT2D eigenvalue weighted by atomic mass is 9.73. The summed E-state index contributed by atoms with van der Waals surface area (Å²) in [5.74, 6) is -0.334. The van der Waals surface area contributed by atoms with Gasteiger partial charge in [-0.2, -0.15) is 0 Å². The van der Waals surface area contributed by atoms with Crippen LogP contribution in [0.2, 0.25) is 0 Å². The summed E-state index contributed by atoms with van der Waals surface area (Å²) in [5.41, 5.74) is 0.919. The van der Waals surface area contributed by atoms with Crippen molar-refractivity contribution in [3.8, 4) is 0 Å². The largest absolute Gasteiger partial charge is 0.325 e. The molecule has 3 amide bonds. The zero-order valence-corrected chi connectivity index (χ0v) is 15.0. The number of urea groups is 1. The van der Waals surface area contributed by atoms with E-state index in [2.05, 4.69) is 12.2 Å². The summed E-state index contributed by atoms with van der Waals surface area (Å²) in [6.07, 6.45) is 5.62. The van der Waals surface area contributed by atoms with Crippen LogP contribution >= 0.6 is 0 Å². The lowest BCUT2D eigenvalue weighted by molar-refractivity contribution is -0.133. The zero-order valence-electron chi connectivity index (χ0n) is 15.0. The van der Waals surface area contributed by atoms with Crippen LogP contribution in [0.15, 0.2) is 24.3 Å². The number of carbonyl (C=O) groups is 3. The van der Waals surface area contributed by atoms with E-state index in [0.29, 0.717) is 12.0 Å². The maximum absolute atomic E-state index is 12.9. The molecule has 1 heterocycles. The molecule has 2 fully saturated rings. The topological polar surface area (TPSA) is 66.5 Å². The van der Waals surface area contributed by atoms with E-state index in [4.69, 9.17) is 0 Å². The van der Waals surface area contributed by atoms with E-state index in [1.54, 1.807) is 12.1 Å². The number of hydrogen-bond acceptors (Lipinski definition) is 3. The lowest BCUT2D eigenvalue weighted by Gasteiger charge is -2.36. The highest BCUT2D eigenvalue weighted by Gasteiger charge is 2.55. The lowest BCUT2D eigenvalue weighted by Crippen LogP contribution is -2.54. The smallest absolute Gasteiger partial charge is 0.323 e. The molecular weight excluding hydrogens is 316 g/mol. The number of nitrogens with zero attached hydrogens (tertiary/aromatic N) is 1. The average molecular weight is 342 g/mol. The third kappa shape index (κ3) is 3.20. The van der Waals surface area contributed by atoms with Gasteiger partial charge in [-0.1, -0.05) is 57.4 Å². The fourth-order valence-corrected chi connectivity index (χ4v) is 4.02. The summed E-state index contributed by atoms with van der Waals surface area (Å²) in [5, 5.41) is 2.89. The highest BCUT2D eigenvalue weighted by Crippen LogP contribution is 2.38. The average Bonchev–Trinajstić information content (AvgIpc) is 2.83. The maximum Gasteiger partial charge on any atom is 0.325 e. The van der Waals surface area contributed by atoms with Gasteiger partial charge in [0.2, 0.25) is 0 Å². The number of amides is 3. The molecule has 0 aromatic heterocycles. The Balaban J connectivity index is 1.72. The summed E-state index contributed by atoms with van der Waals surface area (Å²) in [4.78, 5) is 38.9. The molecule has 25 heavy (non-hydrogen) atoms. The molecule has 1 spiro atoms. The number of Topliss-reactive ketones (excluding diaryl/α,β-unsaturated/α-hetero) is 1. The molecule has 2 unspecified atom stereocenters. The number of hydrogen-bond donors (Lipinski definition) is 1. The summed E-state index contributed by atoms with van der Waals surface area (Å²) >= 11 is 0. The van der Waals surface area contributed by atoms with E-state index >= 15 is 0 Å². The van der Waals surface area contributed by atoms with Crippen LogP contribution in [-0.4, -0.2) is 34.7 Å². The second-order valence-electron chi connectivity index (χ2n) is 7.31. The molecule has 2 aliphatic rings. The molecule has 1 aromatic rings. The predicted octanol–water partition coefficient (Wildman–Crippen LogP) is 3.32. The van der Waals surface area contributed by atoms with Crippen LogP contribution in [0.5, 0.6) is 0 Å². The van der Waals surface area contributed by atoms with Crippen LogP contribution in [0, 0.1) is 5.92 Å². The summed E-state index contributed by atoms with van der Waals surface area (Å²) in [7, 11) is 0. The third-order valence-corrected chi connectivity index (χ3v) is 5.62. The first kappa shape index (κ1) is 17.6. The molecule has 1 saturated carbocycles. The van der Waals surface area contributed by atoms with Gasteiger partial charge in [-0.15, -0.1) is 0 Å². The number of ketones is 1. The van der Waals surface area contributed by atoms with Gasteiger partial charge in [-0.3, -0.25) is 14.5 Å². The quantitative estimate of drug-likeness (QED) is 0.659. The van der Waals surface area contributed by atoms with Crippen molar-refractivity contribution < 1.29 is 14.4 Å². The molecule has 1 aliphatic heterocycles. The molecule has 1 N–H and O–H groups in total. The van der Waals surface area contributed by atoms with Crippen molar-refractivity contribution in [2.75, 3.05) is 6.54 Å². The second-order valence-corrected chi connectivity index (χ2v) is 7.31. The second kappa shape index (κ2) is 6.98. The van der Waals surface area contributed by atoms with Crippen LogP contribution in [0.3, 0.4) is 0 Å². The Morgan fingerprint density at radius 3 is 2.60 bits per heavy atom. The van der Waals surface area contributed by atoms with Gasteiger partial charge in [0.15, 0.2) is 5.78 Å². The highest BCUT2D eigenvalue weighted by molar-refractivity contribution is 6.11. The molecule has 0 bridgehead atoms. The Bertz CT molecular complexity index is 683. The molecule has 5 heteroatoms. The normalized spacial score (nSPS) is 26.2. The first-order chi connectivity index (χ1) is 12.0. The molecule has 3 rings (SSSR count). The SMILES string of the molecule is CCCc1ccc(C(=O)CN2C(=O)NC3(CCCCC3C)C2=O)cc1. The van der Waals surface area contributed by atoms with Crippen LogP contribution in [0.4, 0.5) is 4.79 Å². The van der Waals surface area contributed by atoms with E-state index in [9.17, 15) is 14.4 Å². The van der Waals surface area contributed by atoms with Gasteiger partial charge in [-0.05, 0) is 30.7 Å². The maximum atomic E-state index is 12.9. The van der Waals surface area contributed by atoms with E-state index in [1.165, 1.54) is 5.56 Å². The van der Waals surface area contributed by atoms with Crippen LogP contribution in [0.25, 0.3) is 0 Å². The number of carbonyl (C=O) groups excluding carboxylic acids is 3. The van der Waals surface area contributed by atoms with E-state index in [-0.39, 0.29) is 24.2 Å². The number of nitrogens with one attached hydrogen (secondary N) is 1. The molecule has 1 aromatic carbocycles. The van der Waals surface area contributed by atoms with E-state index < -0.39 is 11.6 Å². The van der Waals surface area contributed by atoms with Gasteiger partial charge in [0.25, 0.3) is 5.91 Å². The minimum absolute atomic E-state index is 0.103. The van der Waals surface area contributed by atoms with Crippen molar-refractivity contribution in [2.45, 2.75) is 57.9 Å². The molecule has 0 radical (unpaired) electrons. The van der Waals surface area contributed by atoms with Crippen molar-refractivity contribution in [1.29, 1.82) is 0 Å². The molecule has 5 nitrogen and oxygen atoms in total. The monoisotopic (exact) mass is 342 g/mol. The number of imide groups is 1. The van der Waals surface area contributed by atoms with E-state index in [1.807, 2.05) is 19.1 Å². The molecule has 134 valence electrons. The third-order valence-electron chi connectivity index (χ3n) is 5.62. The highest BCUT2D eigenvalue weighted by atomic mass is 16.2. The molecule has 1 saturated heterocycles. The van der Waals surface area contributed by atoms with Crippen molar-refractivity contribution in [2.24, 2.45) is 5.92 Å². The standard InChI is InChI=1S/C20H26N2O3/c1-3-6-15-8-10-16(11-9-15)17(23)13-22-18(24)20(21-19(22)25)12-5-4-7-14(20)2/h8-11,14H,3-7,12-13H2,1-2H3,(H,21,25). The minimum Gasteiger partial charge on any atom is -0.323 e. The summed E-state index contributed by atoms with van der Waals surface area (Å²) in [6, 6.07) is 7.01. The van der Waals surface area contributed by atoms with E-state index in [0.717, 1.165) is 37.0 Å². The summed E-state index contributed by atoms with van der Waals surface area (Å²) in [6.45, 7) is 3.93. The Morgan fingerprint density at radius 1 is 1.24 bits per heavy atom. The molecular formula is C20H26N2O3. The Kier molecular flexibility index (Phi) is 4.93. The first-order valence-electron chi connectivity index (χ1n) is 9.24.